The second-order valence-electron chi connectivity index (χ2n) is 4.76. The topological polar surface area (TPSA) is 46.3 Å². The van der Waals surface area contributed by atoms with Crippen LogP contribution in [-0.4, -0.2) is 30.4 Å². The van der Waals surface area contributed by atoms with Gasteiger partial charge < -0.3 is 10.6 Å². The van der Waals surface area contributed by atoms with E-state index in [0.29, 0.717) is 13.0 Å². The van der Waals surface area contributed by atoms with Crippen LogP contribution < -0.4 is 5.73 Å². The number of amides is 1. The Kier molecular flexibility index (Phi) is 9.87. The Morgan fingerprint density at radius 3 is 2.65 bits per heavy atom. The Bertz CT molecular complexity index is 249. The van der Waals surface area contributed by atoms with Crippen molar-refractivity contribution in [3.8, 4) is 0 Å². The van der Waals surface area contributed by atoms with E-state index in [4.69, 9.17) is 5.73 Å². The average molecular weight is 283 g/mol. The minimum Gasteiger partial charge on any atom is -0.342 e. The molecule has 1 rings (SSSR count). The summed E-state index contributed by atoms with van der Waals surface area (Å²) in [5, 5.41) is 0. The fourth-order valence-electron chi connectivity index (χ4n) is 1.96. The highest BCUT2D eigenvalue weighted by atomic mass is 35.5. The number of allylic oxidation sites excluding steroid dienone is 1. The van der Waals surface area contributed by atoms with Gasteiger partial charge in [-0.2, -0.15) is 0 Å². The largest absolute Gasteiger partial charge is 0.342 e. The number of hydrogen-bond acceptors (Lipinski definition) is 2. The number of hydrogen-bond donors (Lipinski definition) is 1. The summed E-state index contributed by atoms with van der Waals surface area (Å²) in [6, 6.07) is 0. The van der Waals surface area contributed by atoms with Crippen LogP contribution in [-0.2, 0) is 4.79 Å². The number of nitrogens with zero attached hydrogens (tertiary/aromatic N) is 1. The first kappa shape index (κ1) is 19.1. The van der Waals surface area contributed by atoms with Gasteiger partial charge in [-0.1, -0.05) is 13.0 Å². The molecular formula is C12H24Cl2N2O. The fourth-order valence-corrected chi connectivity index (χ4v) is 1.96. The van der Waals surface area contributed by atoms with Crippen LogP contribution in [0.15, 0.2) is 12.7 Å². The molecule has 102 valence electrons. The van der Waals surface area contributed by atoms with Gasteiger partial charge in [-0.15, -0.1) is 31.4 Å². The van der Waals surface area contributed by atoms with Crippen molar-refractivity contribution in [1.29, 1.82) is 0 Å². The zero-order valence-electron chi connectivity index (χ0n) is 10.5. The van der Waals surface area contributed by atoms with Crippen molar-refractivity contribution in [3.05, 3.63) is 12.7 Å². The third-order valence-corrected chi connectivity index (χ3v) is 3.20. The lowest BCUT2D eigenvalue weighted by molar-refractivity contribution is -0.130. The van der Waals surface area contributed by atoms with Crippen LogP contribution >= 0.6 is 24.8 Å². The molecule has 0 saturated carbocycles. The van der Waals surface area contributed by atoms with Crippen LogP contribution in [0.3, 0.4) is 0 Å². The number of rotatable bonds is 5. The van der Waals surface area contributed by atoms with Gasteiger partial charge in [0.25, 0.3) is 0 Å². The molecule has 17 heavy (non-hydrogen) atoms. The van der Waals surface area contributed by atoms with Crippen molar-refractivity contribution >= 4 is 30.7 Å². The number of nitrogens with two attached hydrogens (primary N) is 1. The Hall–Kier alpha value is -0.250. The van der Waals surface area contributed by atoms with Crippen molar-refractivity contribution < 1.29 is 4.79 Å². The molecule has 0 spiro atoms. The Labute approximate surface area is 117 Å². The summed E-state index contributed by atoms with van der Waals surface area (Å²) >= 11 is 0. The molecule has 0 aromatic rings. The Morgan fingerprint density at radius 2 is 2.18 bits per heavy atom. The summed E-state index contributed by atoms with van der Waals surface area (Å²) in [6.45, 7) is 8.18. The van der Waals surface area contributed by atoms with Gasteiger partial charge in [-0.25, -0.2) is 0 Å². The number of likely N-dealkylation sites (tertiary alicyclic amines) is 1. The molecule has 1 atom stereocenters. The van der Waals surface area contributed by atoms with Crippen LogP contribution in [0.25, 0.3) is 0 Å². The molecule has 0 radical (unpaired) electrons. The summed E-state index contributed by atoms with van der Waals surface area (Å²) in [6.07, 6.45) is 5.39. The first-order valence-corrected chi connectivity index (χ1v) is 5.70. The first-order valence-electron chi connectivity index (χ1n) is 5.70. The summed E-state index contributed by atoms with van der Waals surface area (Å²) in [7, 11) is 0. The van der Waals surface area contributed by atoms with E-state index in [2.05, 4.69) is 13.5 Å². The van der Waals surface area contributed by atoms with E-state index >= 15 is 0 Å². The van der Waals surface area contributed by atoms with Gasteiger partial charge in [0.1, 0.15) is 0 Å². The summed E-state index contributed by atoms with van der Waals surface area (Å²) in [4.78, 5) is 13.7. The van der Waals surface area contributed by atoms with E-state index in [1.165, 1.54) is 0 Å². The van der Waals surface area contributed by atoms with Gasteiger partial charge >= 0.3 is 0 Å². The van der Waals surface area contributed by atoms with Crippen molar-refractivity contribution in [2.75, 3.05) is 19.6 Å². The normalized spacial score (nSPS) is 22.6. The van der Waals surface area contributed by atoms with E-state index in [-0.39, 0.29) is 36.1 Å². The fraction of sp³-hybridized carbons (Fsp3) is 0.750. The maximum Gasteiger partial charge on any atom is 0.222 e. The van der Waals surface area contributed by atoms with Gasteiger partial charge in [-0.05, 0) is 31.2 Å². The highest BCUT2D eigenvalue weighted by molar-refractivity contribution is 5.85. The average Bonchev–Trinajstić information content (AvgIpc) is 2.62. The van der Waals surface area contributed by atoms with Crippen LogP contribution in [0.1, 0.15) is 32.6 Å². The Balaban J connectivity index is 0. The van der Waals surface area contributed by atoms with Crippen molar-refractivity contribution in [3.63, 3.8) is 0 Å². The monoisotopic (exact) mass is 282 g/mol. The van der Waals surface area contributed by atoms with Crippen molar-refractivity contribution in [2.45, 2.75) is 32.6 Å². The zero-order valence-corrected chi connectivity index (χ0v) is 12.1. The van der Waals surface area contributed by atoms with Crippen molar-refractivity contribution in [2.24, 2.45) is 11.1 Å². The van der Waals surface area contributed by atoms with Gasteiger partial charge in [0.05, 0.1) is 0 Å². The SMILES string of the molecule is C=CCCCC(=O)N1CCC(C)(CN)C1.Cl.Cl. The lowest BCUT2D eigenvalue weighted by Crippen LogP contribution is -2.34. The minimum atomic E-state index is 0. The van der Waals surface area contributed by atoms with Gasteiger partial charge in [0, 0.05) is 19.5 Å². The highest BCUT2D eigenvalue weighted by Gasteiger charge is 2.34. The molecule has 3 nitrogen and oxygen atoms in total. The molecule has 5 heteroatoms. The third kappa shape index (κ3) is 5.75. The Morgan fingerprint density at radius 1 is 1.53 bits per heavy atom. The van der Waals surface area contributed by atoms with Crippen LogP contribution in [0.5, 0.6) is 0 Å². The molecule has 1 heterocycles. The number of carbonyl (C=O) groups excluding carboxylic acids is 1. The minimum absolute atomic E-state index is 0. The molecule has 1 amide bonds. The summed E-state index contributed by atoms with van der Waals surface area (Å²) in [5.41, 5.74) is 5.85. The number of carbonyl (C=O) groups is 1. The molecule has 0 aromatic heterocycles. The molecule has 1 saturated heterocycles. The molecule has 0 aromatic carbocycles. The second kappa shape index (κ2) is 8.78. The van der Waals surface area contributed by atoms with E-state index < -0.39 is 0 Å². The van der Waals surface area contributed by atoms with E-state index in [0.717, 1.165) is 32.4 Å². The van der Waals surface area contributed by atoms with E-state index in [9.17, 15) is 4.79 Å². The summed E-state index contributed by atoms with van der Waals surface area (Å²) < 4.78 is 0. The quantitative estimate of drug-likeness (QED) is 0.622. The lowest BCUT2D eigenvalue weighted by atomic mass is 9.90. The van der Waals surface area contributed by atoms with Gasteiger partial charge in [0.2, 0.25) is 5.91 Å². The van der Waals surface area contributed by atoms with E-state index in [1.54, 1.807) is 0 Å². The molecule has 1 unspecified atom stereocenters. The number of halogens is 2. The molecule has 1 aliphatic heterocycles. The second-order valence-corrected chi connectivity index (χ2v) is 4.76. The van der Waals surface area contributed by atoms with Gasteiger partial charge in [0.15, 0.2) is 0 Å². The highest BCUT2D eigenvalue weighted by Crippen LogP contribution is 2.28. The molecule has 0 aliphatic carbocycles. The summed E-state index contributed by atoms with van der Waals surface area (Å²) in [5.74, 6) is 0.272. The molecule has 1 aliphatic rings. The maximum atomic E-state index is 11.8. The molecule has 2 N–H and O–H groups in total. The molecular weight excluding hydrogens is 259 g/mol. The van der Waals surface area contributed by atoms with E-state index in [1.807, 2.05) is 11.0 Å². The third-order valence-electron chi connectivity index (χ3n) is 3.20. The van der Waals surface area contributed by atoms with Crippen LogP contribution in [0.4, 0.5) is 0 Å². The van der Waals surface area contributed by atoms with Crippen LogP contribution in [0.2, 0.25) is 0 Å². The van der Waals surface area contributed by atoms with Gasteiger partial charge in [-0.3, -0.25) is 4.79 Å². The standard InChI is InChI=1S/C12H22N2O.2ClH/c1-3-4-5-6-11(15)14-8-7-12(2,9-13)10-14;;/h3H,1,4-10,13H2,2H3;2*1H. The molecule has 1 fully saturated rings. The zero-order chi connectivity index (χ0) is 11.3. The molecule has 0 bridgehead atoms. The smallest absolute Gasteiger partial charge is 0.222 e. The van der Waals surface area contributed by atoms with Crippen LogP contribution in [0, 0.1) is 5.41 Å². The predicted molar refractivity (Wildman–Crippen MR) is 76.9 cm³/mol. The first-order chi connectivity index (χ1) is 7.11. The van der Waals surface area contributed by atoms with Crippen molar-refractivity contribution in [1.82, 2.24) is 4.90 Å². The number of unbranched alkanes of at least 4 members (excludes halogenated alkanes) is 1. The predicted octanol–water partition coefficient (Wildman–Crippen LogP) is 2.38. The maximum absolute atomic E-state index is 11.8. The lowest BCUT2D eigenvalue weighted by Gasteiger charge is -2.22.